The van der Waals surface area contributed by atoms with Crippen LogP contribution in [0.4, 0.5) is 0 Å². The molecule has 0 spiro atoms. The molecule has 1 saturated heterocycles. The standard InChI is InChI=1S/C9H18O2/c1-3-9(8-10-2)4-6-11-7-5-9/h3-8H2,1-2H3. The van der Waals surface area contributed by atoms with Crippen LogP contribution in [0.15, 0.2) is 0 Å². The highest BCUT2D eigenvalue weighted by Gasteiger charge is 2.30. The lowest BCUT2D eigenvalue weighted by Crippen LogP contribution is -2.33. The van der Waals surface area contributed by atoms with Crippen molar-refractivity contribution in [3.63, 3.8) is 0 Å². The third kappa shape index (κ3) is 2.17. The van der Waals surface area contributed by atoms with E-state index in [0.717, 1.165) is 32.7 Å². The molecule has 0 N–H and O–H groups in total. The molecule has 1 rings (SSSR count). The lowest BCUT2D eigenvalue weighted by Gasteiger charge is -2.35. The van der Waals surface area contributed by atoms with Crippen LogP contribution in [0.1, 0.15) is 26.2 Å². The van der Waals surface area contributed by atoms with Crippen molar-refractivity contribution in [2.24, 2.45) is 5.41 Å². The molecule has 0 unspecified atom stereocenters. The lowest BCUT2D eigenvalue weighted by molar-refractivity contribution is -0.0295. The van der Waals surface area contributed by atoms with Crippen LogP contribution >= 0.6 is 0 Å². The second kappa shape index (κ2) is 4.07. The van der Waals surface area contributed by atoms with Crippen molar-refractivity contribution in [1.82, 2.24) is 0 Å². The van der Waals surface area contributed by atoms with E-state index < -0.39 is 0 Å². The number of ether oxygens (including phenoxy) is 2. The Bertz CT molecular complexity index is 101. The van der Waals surface area contributed by atoms with Crippen molar-refractivity contribution < 1.29 is 9.47 Å². The van der Waals surface area contributed by atoms with Gasteiger partial charge in [-0.3, -0.25) is 0 Å². The summed E-state index contributed by atoms with van der Waals surface area (Å²) in [6.45, 7) is 4.96. The maximum absolute atomic E-state index is 5.32. The molecule has 0 bridgehead atoms. The van der Waals surface area contributed by atoms with Gasteiger partial charge in [-0.1, -0.05) is 6.92 Å². The zero-order chi connectivity index (χ0) is 8.16. The summed E-state index contributed by atoms with van der Waals surface area (Å²) < 4.78 is 10.5. The summed E-state index contributed by atoms with van der Waals surface area (Å²) in [4.78, 5) is 0. The SMILES string of the molecule is CCC1(COC)CCOCC1. The number of rotatable bonds is 3. The molecule has 0 aromatic carbocycles. The lowest BCUT2D eigenvalue weighted by atomic mass is 9.79. The number of methoxy groups -OCH3 is 1. The Hall–Kier alpha value is -0.0800. The van der Waals surface area contributed by atoms with Crippen LogP contribution in [0.3, 0.4) is 0 Å². The third-order valence-corrected chi connectivity index (χ3v) is 2.75. The van der Waals surface area contributed by atoms with Crippen LogP contribution in [-0.4, -0.2) is 26.9 Å². The monoisotopic (exact) mass is 158 g/mol. The molecule has 0 radical (unpaired) electrons. The maximum atomic E-state index is 5.32. The highest BCUT2D eigenvalue weighted by Crippen LogP contribution is 2.33. The van der Waals surface area contributed by atoms with E-state index in [0.29, 0.717) is 5.41 Å². The summed E-state index contributed by atoms with van der Waals surface area (Å²) in [5.74, 6) is 0. The zero-order valence-corrected chi connectivity index (χ0v) is 7.56. The summed E-state index contributed by atoms with van der Waals surface area (Å²) in [5.41, 5.74) is 0.424. The van der Waals surface area contributed by atoms with Crippen molar-refractivity contribution in [3.05, 3.63) is 0 Å². The molecule has 1 aliphatic heterocycles. The fourth-order valence-electron chi connectivity index (χ4n) is 1.71. The van der Waals surface area contributed by atoms with Crippen molar-refractivity contribution in [2.75, 3.05) is 26.9 Å². The molecular formula is C9H18O2. The Morgan fingerprint density at radius 1 is 1.36 bits per heavy atom. The minimum Gasteiger partial charge on any atom is -0.384 e. The summed E-state index contributed by atoms with van der Waals surface area (Å²) >= 11 is 0. The largest absolute Gasteiger partial charge is 0.384 e. The van der Waals surface area contributed by atoms with E-state index in [1.54, 1.807) is 7.11 Å². The molecular weight excluding hydrogens is 140 g/mol. The Morgan fingerprint density at radius 2 is 2.00 bits per heavy atom. The Labute approximate surface area is 68.9 Å². The van der Waals surface area contributed by atoms with Crippen LogP contribution in [0.2, 0.25) is 0 Å². The summed E-state index contributed by atoms with van der Waals surface area (Å²) in [5, 5.41) is 0. The predicted molar refractivity (Wildman–Crippen MR) is 44.7 cm³/mol. The summed E-state index contributed by atoms with van der Waals surface area (Å²) in [7, 11) is 1.78. The number of hydrogen-bond acceptors (Lipinski definition) is 2. The van der Waals surface area contributed by atoms with Gasteiger partial charge in [0, 0.05) is 20.3 Å². The topological polar surface area (TPSA) is 18.5 Å². The van der Waals surface area contributed by atoms with Gasteiger partial charge in [-0.2, -0.15) is 0 Å². The molecule has 66 valence electrons. The molecule has 11 heavy (non-hydrogen) atoms. The molecule has 0 atom stereocenters. The minimum absolute atomic E-state index is 0.424. The fourth-order valence-corrected chi connectivity index (χ4v) is 1.71. The van der Waals surface area contributed by atoms with E-state index in [-0.39, 0.29) is 0 Å². The number of hydrogen-bond donors (Lipinski definition) is 0. The second-order valence-corrected chi connectivity index (χ2v) is 3.40. The van der Waals surface area contributed by atoms with Gasteiger partial charge in [0.25, 0.3) is 0 Å². The van der Waals surface area contributed by atoms with Crippen LogP contribution in [0, 0.1) is 5.41 Å². The third-order valence-electron chi connectivity index (χ3n) is 2.75. The molecule has 2 nitrogen and oxygen atoms in total. The zero-order valence-electron chi connectivity index (χ0n) is 7.56. The van der Waals surface area contributed by atoms with Crippen LogP contribution in [-0.2, 0) is 9.47 Å². The van der Waals surface area contributed by atoms with Crippen LogP contribution < -0.4 is 0 Å². The normalized spacial score (nSPS) is 23.5. The molecule has 1 aliphatic rings. The van der Waals surface area contributed by atoms with Gasteiger partial charge >= 0.3 is 0 Å². The average Bonchev–Trinajstić information content (AvgIpc) is 2.07. The van der Waals surface area contributed by atoms with E-state index in [1.165, 1.54) is 6.42 Å². The Kier molecular flexibility index (Phi) is 3.34. The molecule has 1 fully saturated rings. The molecule has 0 aromatic heterocycles. The van der Waals surface area contributed by atoms with Crippen molar-refractivity contribution in [3.8, 4) is 0 Å². The highest BCUT2D eigenvalue weighted by molar-refractivity contribution is 4.79. The minimum atomic E-state index is 0.424. The molecule has 0 aliphatic carbocycles. The smallest absolute Gasteiger partial charge is 0.0520 e. The quantitative estimate of drug-likeness (QED) is 0.624. The molecule has 0 aromatic rings. The van der Waals surface area contributed by atoms with Gasteiger partial charge in [0.15, 0.2) is 0 Å². The van der Waals surface area contributed by atoms with Crippen LogP contribution in [0.25, 0.3) is 0 Å². The summed E-state index contributed by atoms with van der Waals surface area (Å²) in [6.07, 6.45) is 3.54. The molecule has 2 heteroatoms. The van der Waals surface area contributed by atoms with E-state index in [2.05, 4.69) is 6.92 Å². The Morgan fingerprint density at radius 3 is 2.45 bits per heavy atom. The van der Waals surface area contributed by atoms with E-state index >= 15 is 0 Å². The van der Waals surface area contributed by atoms with Gasteiger partial charge in [0.2, 0.25) is 0 Å². The first-order chi connectivity index (χ1) is 5.33. The van der Waals surface area contributed by atoms with Crippen molar-refractivity contribution >= 4 is 0 Å². The molecule has 0 saturated carbocycles. The summed E-state index contributed by atoms with van der Waals surface area (Å²) in [6, 6.07) is 0. The first-order valence-electron chi connectivity index (χ1n) is 4.40. The Balaban J connectivity index is 2.42. The first kappa shape index (κ1) is 9.01. The molecule has 0 amide bonds. The van der Waals surface area contributed by atoms with Gasteiger partial charge in [0.1, 0.15) is 0 Å². The molecule has 1 heterocycles. The fraction of sp³-hybridized carbons (Fsp3) is 1.00. The van der Waals surface area contributed by atoms with E-state index in [9.17, 15) is 0 Å². The van der Waals surface area contributed by atoms with E-state index in [4.69, 9.17) is 9.47 Å². The van der Waals surface area contributed by atoms with Crippen molar-refractivity contribution in [2.45, 2.75) is 26.2 Å². The van der Waals surface area contributed by atoms with Crippen LogP contribution in [0.5, 0.6) is 0 Å². The van der Waals surface area contributed by atoms with E-state index in [1.807, 2.05) is 0 Å². The highest BCUT2D eigenvalue weighted by atomic mass is 16.5. The first-order valence-corrected chi connectivity index (χ1v) is 4.40. The maximum Gasteiger partial charge on any atom is 0.0520 e. The predicted octanol–water partition coefficient (Wildman–Crippen LogP) is 1.84. The van der Waals surface area contributed by atoms with Gasteiger partial charge in [0.05, 0.1) is 6.61 Å². The second-order valence-electron chi connectivity index (χ2n) is 3.40. The van der Waals surface area contributed by atoms with Gasteiger partial charge in [-0.05, 0) is 24.7 Å². The van der Waals surface area contributed by atoms with Gasteiger partial charge in [-0.15, -0.1) is 0 Å². The van der Waals surface area contributed by atoms with Crippen molar-refractivity contribution in [1.29, 1.82) is 0 Å². The van der Waals surface area contributed by atoms with Gasteiger partial charge < -0.3 is 9.47 Å². The van der Waals surface area contributed by atoms with Gasteiger partial charge in [-0.25, -0.2) is 0 Å². The average molecular weight is 158 g/mol.